The molecule has 4 rings (SSSR count). The number of hydrogen-bond acceptors (Lipinski definition) is 8. The van der Waals surface area contributed by atoms with Crippen molar-refractivity contribution in [2.45, 2.75) is 84.8 Å². The van der Waals surface area contributed by atoms with E-state index in [0.717, 1.165) is 21.7 Å². The molecule has 0 aliphatic carbocycles. The highest BCUT2D eigenvalue weighted by Gasteiger charge is 2.47. The van der Waals surface area contributed by atoms with Crippen molar-refractivity contribution in [3.8, 4) is 10.4 Å². The van der Waals surface area contributed by atoms with Gasteiger partial charge in [-0.15, -0.1) is 11.3 Å². The summed E-state index contributed by atoms with van der Waals surface area (Å²) in [6.07, 6.45) is -0.194. The zero-order chi connectivity index (χ0) is 25.5. The zero-order valence-electron chi connectivity index (χ0n) is 21.6. The Bertz CT molecular complexity index is 1090. The Kier molecular flexibility index (Phi) is 6.96. The Balaban J connectivity index is 1.52. The van der Waals surface area contributed by atoms with Gasteiger partial charge in [0.15, 0.2) is 5.84 Å². The number of amides is 1. The number of hydrogen-bond donors (Lipinski definition) is 3. The molecule has 8 nitrogen and oxygen atoms in total. The Labute approximate surface area is 211 Å². The topological polar surface area (TPSA) is 99.1 Å². The van der Waals surface area contributed by atoms with Crippen LogP contribution in [-0.4, -0.2) is 57.5 Å². The number of amidine groups is 1. The SMILES string of the molecule is Cc1ncsc1-c1ccc(C2(C)NC([C@@H]3C[C@@H](O)CN3C(=O)[C@@H](NC(C)C)C(C)(C)C)=NO2)cc1. The second-order valence-corrected chi connectivity index (χ2v) is 11.9. The Morgan fingerprint density at radius 2 is 2.00 bits per heavy atom. The molecule has 1 saturated heterocycles. The number of likely N-dealkylation sites (tertiary alicyclic amines) is 1. The summed E-state index contributed by atoms with van der Waals surface area (Å²) < 4.78 is 0. The molecule has 35 heavy (non-hydrogen) atoms. The zero-order valence-corrected chi connectivity index (χ0v) is 22.4. The third-order valence-corrected chi connectivity index (χ3v) is 7.60. The summed E-state index contributed by atoms with van der Waals surface area (Å²) >= 11 is 1.62. The van der Waals surface area contributed by atoms with E-state index in [9.17, 15) is 9.90 Å². The van der Waals surface area contributed by atoms with Gasteiger partial charge in [-0.1, -0.05) is 64.0 Å². The van der Waals surface area contributed by atoms with Gasteiger partial charge in [-0.3, -0.25) is 4.79 Å². The fraction of sp³-hybridized carbons (Fsp3) is 0.577. The highest BCUT2D eigenvalue weighted by Crippen LogP contribution is 2.34. The van der Waals surface area contributed by atoms with Crippen molar-refractivity contribution in [1.29, 1.82) is 0 Å². The van der Waals surface area contributed by atoms with Crippen molar-refractivity contribution in [2.24, 2.45) is 10.6 Å². The van der Waals surface area contributed by atoms with E-state index in [4.69, 9.17) is 4.84 Å². The highest BCUT2D eigenvalue weighted by molar-refractivity contribution is 7.13. The molecule has 2 aliphatic rings. The first-order valence-electron chi connectivity index (χ1n) is 12.2. The second kappa shape index (κ2) is 9.52. The van der Waals surface area contributed by atoms with Crippen LogP contribution >= 0.6 is 11.3 Å². The van der Waals surface area contributed by atoms with Gasteiger partial charge in [0, 0.05) is 31.5 Å². The highest BCUT2D eigenvalue weighted by atomic mass is 32.1. The van der Waals surface area contributed by atoms with Gasteiger partial charge < -0.3 is 25.5 Å². The van der Waals surface area contributed by atoms with Crippen molar-refractivity contribution in [2.75, 3.05) is 6.54 Å². The molecule has 1 unspecified atom stereocenters. The molecular weight excluding hydrogens is 462 g/mol. The molecule has 4 atom stereocenters. The summed E-state index contributed by atoms with van der Waals surface area (Å²) in [5.74, 6) is 0.534. The summed E-state index contributed by atoms with van der Waals surface area (Å²) in [4.78, 5) is 26.8. The molecule has 2 aromatic rings. The molecular formula is C26H37N5O3S. The number of aliphatic hydroxyl groups is 1. The predicted molar refractivity (Wildman–Crippen MR) is 139 cm³/mol. The smallest absolute Gasteiger partial charge is 0.240 e. The number of aromatic nitrogens is 1. The van der Waals surface area contributed by atoms with Gasteiger partial charge >= 0.3 is 0 Å². The number of nitrogens with one attached hydrogen (secondary N) is 2. The van der Waals surface area contributed by atoms with Crippen LogP contribution < -0.4 is 10.6 Å². The minimum atomic E-state index is -0.863. The number of carbonyl (C=O) groups excluding carboxylic acids is 1. The molecule has 3 N–H and O–H groups in total. The molecule has 3 heterocycles. The first kappa shape index (κ1) is 25.6. The van der Waals surface area contributed by atoms with Crippen molar-refractivity contribution in [3.63, 3.8) is 0 Å². The standard InChI is InChI=1S/C26H37N5O3S/c1-15(2)28-22(25(4,5)6)24(33)31-13-19(32)12-20(31)23-29-26(7,34-30-23)18-10-8-17(9-11-18)21-16(3)27-14-35-21/h8-11,14-15,19-20,22,28,32H,12-13H2,1-7H3,(H,29,30)/t19-,20+,22-,26?/m1/s1. The fourth-order valence-corrected chi connectivity index (χ4v) is 5.54. The van der Waals surface area contributed by atoms with Crippen LogP contribution in [0.25, 0.3) is 10.4 Å². The maximum absolute atomic E-state index is 13.7. The van der Waals surface area contributed by atoms with E-state index in [0.29, 0.717) is 12.3 Å². The van der Waals surface area contributed by atoms with E-state index in [-0.39, 0.29) is 36.0 Å². The molecule has 0 saturated carbocycles. The summed E-state index contributed by atoms with van der Waals surface area (Å²) in [5.41, 5.74) is 3.75. The van der Waals surface area contributed by atoms with E-state index in [2.05, 4.69) is 53.7 Å². The molecule has 2 aliphatic heterocycles. The summed E-state index contributed by atoms with van der Waals surface area (Å²) in [6.45, 7) is 14.4. The second-order valence-electron chi connectivity index (χ2n) is 11.1. The Morgan fingerprint density at radius 1 is 1.31 bits per heavy atom. The lowest BCUT2D eigenvalue weighted by Gasteiger charge is -2.37. The van der Waals surface area contributed by atoms with Gasteiger partial charge in [-0.25, -0.2) is 4.98 Å². The number of aliphatic hydroxyl groups excluding tert-OH is 1. The monoisotopic (exact) mass is 499 g/mol. The van der Waals surface area contributed by atoms with E-state index < -0.39 is 11.8 Å². The lowest BCUT2D eigenvalue weighted by molar-refractivity contribution is -0.136. The first-order chi connectivity index (χ1) is 16.4. The van der Waals surface area contributed by atoms with Gasteiger partial charge in [0.25, 0.3) is 0 Å². The van der Waals surface area contributed by atoms with Crippen molar-refractivity contribution < 1.29 is 14.7 Å². The van der Waals surface area contributed by atoms with E-state index in [1.54, 1.807) is 16.2 Å². The third-order valence-electron chi connectivity index (χ3n) is 6.63. The molecule has 1 amide bonds. The lowest BCUT2D eigenvalue weighted by atomic mass is 9.85. The van der Waals surface area contributed by atoms with Crippen LogP contribution in [0.1, 0.15) is 59.2 Å². The van der Waals surface area contributed by atoms with Crippen LogP contribution in [0.15, 0.2) is 34.9 Å². The number of rotatable bonds is 6. The van der Waals surface area contributed by atoms with E-state index in [1.807, 2.05) is 45.3 Å². The average molecular weight is 500 g/mol. The van der Waals surface area contributed by atoms with Crippen LogP contribution in [0.5, 0.6) is 0 Å². The van der Waals surface area contributed by atoms with E-state index in [1.165, 1.54) is 0 Å². The van der Waals surface area contributed by atoms with Crippen LogP contribution in [0.2, 0.25) is 0 Å². The number of nitrogens with zero attached hydrogens (tertiary/aromatic N) is 3. The minimum Gasteiger partial charge on any atom is -0.391 e. The molecule has 190 valence electrons. The molecule has 9 heteroatoms. The Morgan fingerprint density at radius 3 is 2.57 bits per heavy atom. The van der Waals surface area contributed by atoms with Gasteiger partial charge in [0.05, 0.1) is 34.3 Å². The minimum absolute atomic E-state index is 0.0323. The maximum atomic E-state index is 13.7. The van der Waals surface area contributed by atoms with Gasteiger partial charge in [-0.05, 0) is 17.9 Å². The Hall–Kier alpha value is -2.49. The summed E-state index contributed by atoms with van der Waals surface area (Å²) in [6, 6.07) is 7.56. The van der Waals surface area contributed by atoms with Crippen LogP contribution in [0, 0.1) is 12.3 Å². The molecule has 0 bridgehead atoms. The van der Waals surface area contributed by atoms with Crippen LogP contribution in [0.3, 0.4) is 0 Å². The van der Waals surface area contributed by atoms with Gasteiger partial charge in [-0.2, -0.15) is 0 Å². The number of thiazole rings is 1. The van der Waals surface area contributed by atoms with Crippen molar-refractivity contribution in [3.05, 3.63) is 41.0 Å². The van der Waals surface area contributed by atoms with Crippen molar-refractivity contribution >= 4 is 23.1 Å². The number of carbonyl (C=O) groups is 1. The molecule has 1 aromatic heterocycles. The summed E-state index contributed by atoms with van der Waals surface area (Å²) in [5, 5.41) is 21.7. The number of oxime groups is 1. The lowest BCUT2D eigenvalue weighted by Crippen LogP contribution is -2.58. The number of β-amino-alcohol motifs (C(OH)–C–C–N with tert-alkyl or cyclic N) is 1. The fourth-order valence-electron chi connectivity index (χ4n) is 4.73. The third kappa shape index (κ3) is 5.22. The summed E-state index contributed by atoms with van der Waals surface area (Å²) in [7, 11) is 0. The molecule has 1 aromatic carbocycles. The largest absolute Gasteiger partial charge is 0.391 e. The average Bonchev–Trinajstić information content (AvgIpc) is 3.49. The molecule has 0 spiro atoms. The quantitative estimate of drug-likeness (QED) is 0.562. The predicted octanol–water partition coefficient (Wildman–Crippen LogP) is 3.60. The van der Waals surface area contributed by atoms with Crippen LogP contribution in [0.4, 0.5) is 0 Å². The van der Waals surface area contributed by atoms with Gasteiger partial charge in [0.1, 0.15) is 0 Å². The normalized spacial score (nSPS) is 25.4. The number of benzene rings is 1. The van der Waals surface area contributed by atoms with Gasteiger partial charge in [0.2, 0.25) is 11.6 Å². The number of aryl methyl sites for hydroxylation is 1. The maximum Gasteiger partial charge on any atom is 0.240 e. The van der Waals surface area contributed by atoms with Crippen LogP contribution in [-0.2, 0) is 15.4 Å². The molecule has 1 fully saturated rings. The first-order valence-corrected chi connectivity index (χ1v) is 13.1. The van der Waals surface area contributed by atoms with Crippen molar-refractivity contribution in [1.82, 2.24) is 20.5 Å². The molecule has 0 radical (unpaired) electrons. The van der Waals surface area contributed by atoms with E-state index >= 15 is 0 Å².